The normalized spacial score (nSPS) is 54.8. The highest BCUT2D eigenvalue weighted by Gasteiger charge is 2.56. The summed E-state index contributed by atoms with van der Waals surface area (Å²) < 4.78 is 4.99. The Morgan fingerprint density at radius 1 is 0.882 bits per heavy atom. The molecule has 6 bridgehead atoms. The number of carbonyl (C=O) groups is 1. The van der Waals surface area contributed by atoms with Crippen molar-refractivity contribution in [2.24, 2.45) is 41.4 Å². The van der Waals surface area contributed by atoms with Crippen LogP contribution in [0.15, 0.2) is 0 Å². The Balaban J connectivity index is 1.63. The second kappa shape index (κ2) is 3.49. The molecule has 94 valence electrons. The minimum absolute atomic E-state index is 0.0653. The molecule has 2 heteroatoms. The van der Waals surface area contributed by atoms with Crippen LogP contribution in [0.3, 0.4) is 0 Å². The van der Waals surface area contributed by atoms with E-state index in [-0.39, 0.29) is 11.9 Å². The molecule has 0 spiro atoms. The molecule has 0 aromatic carbocycles. The van der Waals surface area contributed by atoms with Crippen LogP contribution in [0.4, 0.5) is 0 Å². The van der Waals surface area contributed by atoms with E-state index in [4.69, 9.17) is 4.74 Å². The molecule has 0 aromatic rings. The molecule has 4 atom stereocenters. The van der Waals surface area contributed by atoms with Gasteiger partial charge >= 0.3 is 5.97 Å². The molecule has 5 aliphatic rings. The van der Waals surface area contributed by atoms with E-state index in [0.717, 1.165) is 48.3 Å². The molecule has 2 nitrogen and oxygen atoms in total. The van der Waals surface area contributed by atoms with E-state index in [1.54, 1.807) is 7.11 Å². The van der Waals surface area contributed by atoms with Gasteiger partial charge in [-0.05, 0) is 74.0 Å². The molecule has 0 amide bonds. The van der Waals surface area contributed by atoms with Crippen LogP contribution in [0, 0.1) is 41.4 Å². The molecular weight excluding hydrogens is 212 g/mol. The number of esters is 1. The van der Waals surface area contributed by atoms with E-state index in [1.807, 2.05) is 0 Å². The first-order valence-electron chi connectivity index (χ1n) is 7.34. The summed E-state index contributed by atoms with van der Waals surface area (Å²) in [6, 6.07) is 0. The smallest absolute Gasteiger partial charge is 0.308 e. The fourth-order valence-corrected chi connectivity index (χ4v) is 6.02. The van der Waals surface area contributed by atoms with Crippen molar-refractivity contribution in [1.82, 2.24) is 0 Å². The number of methoxy groups -OCH3 is 1. The van der Waals surface area contributed by atoms with Gasteiger partial charge in [0, 0.05) is 0 Å². The summed E-state index contributed by atoms with van der Waals surface area (Å²) >= 11 is 0. The van der Waals surface area contributed by atoms with Gasteiger partial charge in [-0.25, -0.2) is 0 Å². The third kappa shape index (κ3) is 1.36. The Morgan fingerprint density at radius 3 is 2.12 bits per heavy atom. The lowest BCUT2D eigenvalue weighted by Gasteiger charge is -2.62. The van der Waals surface area contributed by atoms with Gasteiger partial charge in [0.2, 0.25) is 0 Å². The number of ether oxygens (including phenoxy) is 1. The highest BCUT2D eigenvalue weighted by atomic mass is 16.5. The van der Waals surface area contributed by atoms with E-state index >= 15 is 0 Å². The third-order valence-electron chi connectivity index (χ3n) is 6.44. The number of hydrogen-bond acceptors (Lipinski definition) is 2. The van der Waals surface area contributed by atoms with E-state index < -0.39 is 0 Å². The molecule has 0 saturated heterocycles. The maximum atomic E-state index is 11.8. The zero-order valence-corrected chi connectivity index (χ0v) is 10.6. The van der Waals surface area contributed by atoms with Gasteiger partial charge in [-0.3, -0.25) is 4.79 Å². The zero-order chi connectivity index (χ0) is 11.6. The van der Waals surface area contributed by atoms with Crippen molar-refractivity contribution in [2.45, 2.75) is 38.5 Å². The SMILES string of the molecule is COC(=O)C1CC2C3CC4CC(C3)C(C1)C2C4. The van der Waals surface area contributed by atoms with Crippen LogP contribution in [-0.4, -0.2) is 13.1 Å². The van der Waals surface area contributed by atoms with Crippen molar-refractivity contribution in [2.75, 3.05) is 7.11 Å². The first-order chi connectivity index (χ1) is 8.26. The topological polar surface area (TPSA) is 26.3 Å². The molecule has 0 N–H and O–H groups in total. The molecule has 0 aliphatic heterocycles. The van der Waals surface area contributed by atoms with Gasteiger partial charge in [0.15, 0.2) is 0 Å². The second-order valence-corrected chi connectivity index (χ2v) is 7.01. The summed E-state index contributed by atoms with van der Waals surface area (Å²) in [5, 5.41) is 0. The van der Waals surface area contributed by atoms with Crippen molar-refractivity contribution in [3.63, 3.8) is 0 Å². The van der Waals surface area contributed by atoms with Crippen molar-refractivity contribution in [1.29, 1.82) is 0 Å². The molecule has 5 rings (SSSR count). The minimum atomic E-state index is 0.0653. The average Bonchev–Trinajstić information content (AvgIpc) is 2.35. The van der Waals surface area contributed by atoms with Crippen LogP contribution in [0.2, 0.25) is 0 Å². The Labute approximate surface area is 103 Å². The molecule has 4 unspecified atom stereocenters. The summed E-state index contributed by atoms with van der Waals surface area (Å²) in [4.78, 5) is 11.8. The van der Waals surface area contributed by atoms with Crippen LogP contribution in [0.5, 0.6) is 0 Å². The molecular formula is C15H22O2. The molecule has 5 aliphatic carbocycles. The first-order valence-corrected chi connectivity index (χ1v) is 7.34. The predicted octanol–water partition coefficient (Wildman–Crippen LogP) is 2.87. The summed E-state index contributed by atoms with van der Waals surface area (Å²) in [7, 11) is 1.55. The minimum Gasteiger partial charge on any atom is -0.469 e. The fourth-order valence-electron chi connectivity index (χ4n) is 6.02. The van der Waals surface area contributed by atoms with Crippen molar-refractivity contribution in [3.8, 4) is 0 Å². The van der Waals surface area contributed by atoms with Gasteiger partial charge < -0.3 is 4.74 Å². The quantitative estimate of drug-likeness (QED) is 0.652. The van der Waals surface area contributed by atoms with Crippen molar-refractivity contribution < 1.29 is 9.53 Å². The fraction of sp³-hybridized carbons (Fsp3) is 0.933. The van der Waals surface area contributed by atoms with Gasteiger partial charge in [-0.1, -0.05) is 0 Å². The molecule has 5 saturated carbocycles. The largest absolute Gasteiger partial charge is 0.469 e. The average molecular weight is 234 g/mol. The van der Waals surface area contributed by atoms with Crippen LogP contribution < -0.4 is 0 Å². The molecule has 5 fully saturated rings. The second-order valence-electron chi connectivity index (χ2n) is 7.01. The van der Waals surface area contributed by atoms with Crippen molar-refractivity contribution in [3.05, 3.63) is 0 Å². The summed E-state index contributed by atoms with van der Waals surface area (Å²) in [5.41, 5.74) is 0. The molecule has 0 radical (unpaired) electrons. The van der Waals surface area contributed by atoms with Gasteiger partial charge in [0.25, 0.3) is 0 Å². The van der Waals surface area contributed by atoms with Crippen LogP contribution in [0.1, 0.15) is 38.5 Å². The summed E-state index contributed by atoms with van der Waals surface area (Å²) in [6.07, 6.45) is 8.18. The molecule has 0 aromatic heterocycles. The monoisotopic (exact) mass is 234 g/mol. The van der Waals surface area contributed by atoms with Crippen LogP contribution >= 0.6 is 0 Å². The lowest BCUT2D eigenvalue weighted by atomic mass is 9.43. The van der Waals surface area contributed by atoms with Gasteiger partial charge in [0.05, 0.1) is 13.0 Å². The summed E-state index contributed by atoms with van der Waals surface area (Å²) in [5.74, 6) is 5.97. The Kier molecular flexibility index (Phi) is 2.13. The Hall–Kier alpha value is -0.530. The highest BCUT2D eigenvalue weighted by molar-refractivity contribution is 5.72. The van der Waals surface area contributed by atoms with E-state index in [1.165, 1.54) is 25.7 Å². The van der Waals surface area contributed by atoms with Gasteiger partial charge in [0.1, 0.15) is 0 Å². The maximum Gasteiger partial charge on any atom is 0.308 e. The Morgan fingerprint density at radius 2 is 1.53 bits per heavy atom. The lowest BCUT2D eigenvalue weighted by molar-refractivity contribution is -0.161. The highest BCUT2D eigenvalue weighted by Crippen LogP contribution is 2.64. The van der Waals surface area contributed by atoms with Crippen molar-refractivity contribution >= 4 is 5.97 Å². The van der Waals surface area contributed by atoms with E-state index in [0.29, 0.717) is 0 Å². The van der Waals surface area contributed by atoms with Gasteiger partial charge in [-0.2, -0.15) is 0 Å². The van der Waals surface area contributed by atoms with E-state index in [9.17, 15) is 4.79 Å². The Bertz CT molecular complexity index is 329. The van der Waals surface area contributed by atoms with E-state index in [2.05, 4.69) is 0 Å². The first kappa shape index (κ1) is 10.4. The standard InChI is InChI=1S/C15H22O2/c1-17-15(16)11-6-12-9-2-8-3-10(5-9)13(7-11)14(12)4-8/h8-14H,2-7H2,1H3. The number of rotatable bonds is 1. The van der Waals surface area contributed by atoms with Crippen LogP contribution in [-0.2, 0) is 9.53 Å². The molecule has 17 heavy (non-hydrogen) atoms. The number of hydrogen-bond donors (Lipinski definition) is 0. The maximum absolute atomic E-state index is 11.8. The number of carbonyl (C=O) groups excluding carboxylic acids is 1. The summed E-state index contributed by atoms with van der Waals surface area (Å²) in [6.45, 7) is 0. The predicted molar refractivity (Wildman–Crippen MR) is 64.1 cm³/mol. The van der Waals surface area contributed by atoms with Gasteiger partial charge in [-0.15, -0.1) is 0 Å². The lowest BCUT2D eigenvalue weighted by Crippen LogP contribution is -2.54. The molecule has 0 heterocycles. The zero-order valence-electron chi connectivity index (χ0n) is 10.6. The van der Waals surface area contributed by atoms with Crippen LogP contribution in [0.25, 0.3) is 0 Å². The third-order valence-corrected chi connectivity index (χ3v) is 6.44.